The van der Waals surface area contributed by atoms with Crippen LogP contribution in [0.2, 0.25) is 0 Å². The summed E-state index contributed by atoms with van der Waals surface area (Å²) < 4.78 is 19.3. The second kappa shape index (κ2) is 7.92. The van der Waals surface area contributed by atoms with E-state index in [2.05, 4.69) is 9.88 Å². The van der Waals surface area contributed by atoms with Gasteiger partial charge >= 0.3 is 0 Å². The summed E-state index contributed by atoms with van der Waals surface area (Å²) in [7, 11) is 0. The van der Waals surface area contributed by atoms with Gasteiger partial charge in [-0.2, -0.15) is 0 Å². The summed E-state index contributed by atoms with van der Waals surface area (Å²) in [6.07, 6.45) is 1.65. The predicted molar refractivity (Wildman–Crippen MR) is 102 cm³/mol. The first-order valence-corrected chi connectivity index (χ1v) is 9.30. The number of carbonyl (C=O) groups is 1. The fraction of sp³-hybridized carbons (Fsp3) is 0.400. The Morgan fingerprint density at radius 1 is 0.926 bits per heavy atom. The monoisotopic (exact) mass is 370 g/mol. The van der Waals surface area contributed by atoms with Crippen LogP contribution in [0.3, 0.4) is 0 Å². The van der Waals surface area contributed by atoms with Crippen LogP contribution in [0.25, 0.3) is 0 Å². The molecule has 0 N–H and O–H groups in total. The number of ether oxygens (including phenoxy) is 1. The van der Waals surface area contributed by atoms with Gasteiger partial charge in [0.25, 0.3) is 5.91 Å². The second-order valence-corrected chi connectivity index (χ2v) is 6.74. The van der Waals surface area contributed by atoms with Crippen LogP contribution in [-0.2, 0) is 4.74 Å². The lowest BCUT2D eigenvalue weighted by atomic mass is 10.2. The summed E-state index contributed by atoms with van der Waals surface area (Å²) in [6, 6.07) is 10.5. The molecule has 6 nitrogen and oxygen atoms in total. The quantitative estimate of drug-likeness (QED) is 0.827. The number of piperazine rings is 1. The molecule has 2 aromatic rings. The van der Waals surface area contributed by atoms with E-state index < -0.39 is 0 Å². The fourth-order valence-electron chi connectivity index (χ4n) is 3.53. The Labute approximate surface area is 158 Å². The van der Waals surface area contributed by atoms with Gasteiger partial charge in [0.15, 0.2) is 0 Å². The fourth-order valence-corrected chi connectivity index (χ4v) is 3.53. The summed E-state index contributed by atoms with van der Waals surface area (Å²) in [6.45, 7) is 5.41. The van der Waals surface area contributed by atoms with Gasteiger partial charge in [0.2, 0.25) is 0 Å². The molecule has 2 fully saturated rings. The lowest BCUT2D eigenvalue weighted by Crippen LogP contribution is -2.49. The maximum atomic E-state index is 13.9. The zero-order valence-corrected chi connectivity index (χ0v) is 15.2. The number of pyridine rings is 1. The van der Waals surface area contributed by atoms with E-state index >= 15 is 0 Å². The van der Waals surface area contributed by atoms with E-state index in [9.17, 15) is 9.18 Å². The van der Waals surface area contributed by atoms with Crippen LogP contribution in [0.5, 0.6) is 0 Å². The number of nitrogens with zero attached hydrogens (tertiary/aromatic N) is 4. The molecule has 3 heterocycles. The van der Waals surface area contributed by atoms with Crippen LogP contribution < -0.4 is 9.80 Å². The summed E-state index contributed by atoms with van der Waals surface area (Å²) in [5.41, 5.74) is 1.19. The molecule has 142 valence electrons. The molecule has 1 amide bonds. The van der Waals surface area contributed by atoms with Gasteiger partial charge in [0.05, 0.1) is 24.5 Å². The normalized spacial score (nSPS) is 17.9. The van der Waals surface area contributed by atoms with Crippen molar-refractivity contribution in [2.45, 2.75) is 0 Å². The van der Waals surface area contributed by atoms with E-state index in [0.29, 0.717) is 50.6 Å². The number of hydrogen-bond donors (Lipinski definition) is 0. The molecule has 7 heteroatoms. The Morgan fingerprint density at radius 3 is 2.33 bits per heavy atom. The molecule has 1 aromatic carbocycles. The molecule has 2 saturated heterocycles. The minimum Gasteiger partial charge on any atom is -0.378 e. The summed E-state index contributed by atoms with van der Waals surface area (Å²) >= 11 is 0. The Morgan fingerprint density at radius 2 is 1.67 bits per heavy atom. The average molecular weight is 370 g/mol. The van der Waals surface area contributed by atoms with Gasteiger partial charge < -0.3 is 19.4 Å². The van der Waals surface area contributed by atoms with E-state index in [1.165, 1.54) is 6.07 Å². The van der Waals surface area contributed by atoms with Crippen molar-refractivity contribution in [3.8, 4) is 0 Å². The molecule has 0 saturated carbocycles. The molecular formula is C20H23FN4O2. The minimum absolute atomic E-state index is 0.0239. The van der Waals surface area contributed by atoms with Gasteiger partial charge in [-0.1, -0.05) is 12.1 Å². The highest BCUT2D eigenvalue weighted by Gasteiger charge is 2.24. The second-order valence-electron chi connectivity index (χ2n) is 6.74. The van der Waals surface area contributed by atoms with E-state index in [0.717, 1.165) is 18.9 Å². The first-order valence-electron chi connectivity index (χ1n) is 9.30. The number of anilines is 2. The molecule has 27 heavy (non-hydrogen) atoms. The van der Waals surface area contributed by atoms with Crippen molar-refractivity contribution < 1.29 is 13.9 Å². The lowest BCUT2D eigenvalue weighted by Gasteiger charge is -2.36. The molecule has 0 radical (unpaired) electrons. The van der Waals surface area contributed by atoms with E-state index in [1.807, 2.05) is 28.0 Å². The van der Waals surface area contributed by atoms with Gasteiger partial charge in [-0.25, -0.2) is 9.37 Å². The first kappa shape index (κ1) is 17.7. The molecule has 0 bridgehead atoms. The van der Waals surface area contributed by atoms with Gasteiger partial charge in [0.1, 0.15) is 11.6 Å². The number of morpholine rings is 1. The molecule has 0 atom stereocenters. The number of amides is 1. The van der Waals surface area contributed by atoms with Gasteiger partial charge in [-0.15, -0.1) is 0 Å². The molecule has 4 rings (SSSR count). The molecule has 0 unspecified atom stereocenters. The predicted octanol–water partition coefficient (Wildman–Crippen LogP) is 2.02. The summed E-state index contributed by atoms with van der Waals surface area (Å²) in [5, 5.41) is 0. The summed E-state index contributed by atoms with van der Waals surface area (Å²) in [4.78, 5) is 23.2. The molecule has 0 aliphatic carbocycles. The van der Waals surface area contributed by atoms with Crippen molar-refractivity contribution >= 4 is 17.4 Å². The maximum absolute atomic E-state index is 13.9. The molecular weight excluding hydrogens is 347 g/mol. The third kappa shape index (κ3) is 3.88. The van der Waals surface area contributed by atoms with Crippen LogP contribution in [0, 0.1) is 5.82 Å². The number of rotatable bonds is 3. The number of hydrogen-bond acceptors (Lipinski definition) is 5. The van der Waals surface area contributed by atoms with E-state index in [4.69, 9.17) is 4.74 Å². The minimum atomic E-state index is -0.222. The number of carbonyl (C=O) groups excluding carboxylic acids is 1. The van der Waals surface area contributed by atoms with Crippen LogP contribution in [0.15, 0.2) is 42.6 Å². The van der Waals surface area contributed by atoms with E-state index in [-0.39, 0.29) is 11.7 Å². The molecule has 0 spiro atoms. The first-order chi connectivity index (χ1) is 13.2. The van der Waals surface area contributed by atoms with Crippen molar-refractivity contribution in [1.82, 2.24) is 9.88 Å². The third-order valence-electron chi connectivity index (χ3n) is 5.09. The van der Waals surface area contributed by atoms with Crippen molar-refractivity contribution in [3.05, 3.63) is 54.0 Å². The van der Waals surface area contributed by atoms with Crippen LogP contribution >= 0.6 is 0 Å². The van der Waals surface area contributed by atoms with Crippen molar-refractivity contribution in [2.75, 3.05) is 62.3 Å². The van der Waals surface area contributed by atoms with Gasteiger partial charge in [-0.05, 0) is 24.3 Å². The number of para-hydroxylation sites is 1. The average Bonchev–Trinajstić information content (AvgIpc) is 2.74. The lowest BCUT2D eigenvalue weighted by molar-refractivity contribution is 0.0746. The van der Waals surface area contributed by atoms with Crippen molar-refractivity contribution in [3.63, 3.8) is 0 Å². The topological polar surface area (TPSA) is 48.9 Å². The highest BCUT2D eigenvalue weighted by molar-refractivity contribution is 5.94. The molecule has 1 aromatic heterocycles. The zero-order chi connectivity index (χ0) is 18.6. The van der Waals surface area contributed by atoms with Crippen LogP contribution in [0.4, 0.5) is 15.9 Å². The zero-order valence-electron chi connectivity index (χ0n) is 15.2. The van der Waals surface area contributed by atoms with Gasteiger partial charge in [-0.3, -0.25) is 4.79 Å². The number of aromatic nitrogens is 1. The van der Waals surface area contributed by atoms with Crippen molar-refractivity contribution in [2.24, 2.45) is 0 Å². The largest absolute Gasteiger partial charge is 0.378 e. The maximum Gasteiger partial charge on any atom is 0.255 e. The molecule has 2 aliphatic heterocycles. The van der Waals surface area contributed by atoms with E-state index in [1.54, 1.807) is 18.3 Å². The standard InChI is InChI=1S/C20H23FN4O2/c21-17-3-1-2-4-18(17)23-7-9-25(10-8-23)20(26)16-5-6-19(22-15-16)24-11-13-27-14-12-24/h1-6,15H,7-14H2. The Bertz CT molecular complexity index is 785. The highest BCUT2D eigenvalue weighted by atomic mass is 19.1. The Balaban J connectivity index is 1.37. The van der Waals surface area contributed by atoms with Crippen LogP contribution in [-0.4, -0.2) is 68.3 Å². The smallest absolute Gasteiger partial charge is 0.255 e. The van der Waals surface area contributed by atoms with Crippen LogP contribution in [0.1, 0.15) is 10.4 Å². The molecule has 2 aliphatic rings. The Hall–Kier alpha value is -2.67. The Kier molecular flexibility index (Phi) is 5.20. The summed E-state index contributed by atoms with van der Waals surface area (Å²) in [5.74, 6) is 0.628. The number of halogens is 1. The SMILES string of the molecule is O=C(c1ccc(N2CCOCC2)nc1)N1CCN(c2ccccc2F)CC1. The van der Waals surface area contributed by atoms with Gasteiger partial charge in [0, 0.05) is 45.5 Å². The number of benzene rings is 1. The highest BCUT2D eigenvalue weighted by Crippen LogP contribution is 2.21. The third-order valence-corrected chi connectivity index (χ3v) is 5.09. The van der Waals surface area contributed by atoms with Crippen molar-refractivity contribution in [1.29, 1.82) is 0 Å².